The van der Waals surface area contributed by atoms with Crippen LogP contribution >= 0.6 is 0 Å². The van der Waals surface area contributed by atoms with Crippen molar-refractivity contribution in [1.82, 2.24) is 0 Å². The third-order valence-corrected chi connectivity index (χ3v) is 3.20. The Morgan fingerprint density at radius 2 is 2.21 bits per heavy atom. The molecule has 1 atom stereocenters. The van der Waals surface area contributed by atoms with E-state index in [9.17, 15) is 5.26 Å². The van der Waals surface area contributed by atoms with Crippen LogP contribution in [0.3, 0.4) is 0 Å². The van der Waals surface area contributed by atoms with Gasteiger partial charge >= 0.3 is 7.12 Å². The molecular formula is C14H18BNO3. The smallest absolute Gasteiger partial charge is 0.495 e. The summed E-state index contributed by atoms with van der Waals surface area (Å²) in [5.74, 6) is 0.656. The van der Waals surface area contributed by atoms with Gasteiger partial charge in [-0.15, -0.1) is 0 Å². The average molecular weight is 259 g/mol. The number of methoxy groups -OCH3 is 1. The van der Waals surface area contributed by atoms with E-state index in [0.717, 1.165) is 11.9 Å². The lowest BCUT2D eigenvalue weighted by molar-refractivity contribution is -0.0229. The first-order valence-corrected chi connectivity index (χ1v) is 6.36. The monoisotopic (exact) mass is 259 g/mol. The molecule has 1 unspecified atom stereocenters. The topological polar surface area (TPSA) is 51.5 Å². The van der Waals surface area contributed by atoms with Crippen molar-refractivity contribution in [3.63, 3.8) is 0 Å². The fourth-order valence-electron chi connectivity index (χ4n) is 2.42. The number of benzene rings is 1. The van der Waals surface area contributed by atoms with Crippen LogP contribution in [0, 0.1) is 11.3 Å². The van der Waals surface area contributed by atoms with Crippen molar-refractivity contribution in [2.75, 3.05) is 7.11 Å². The summed E-state index contributed by atoms with van der Waals surface area (Å²) in [7, 11) is 1.08. The van der Waals surface area contributed by atoms with E-state index in [-0.39, 0.29) is 11.7 Å². The molecule has 1 fully saturated rings. The van der Waals surface area contributed by atoms with E-state index < -0.39 is 7.12 Å². The summed E-state index contributed by atoms with van der Waals surface area (Å²) in [6.45, 7) is 6.09. The Labute approximate surface area is 114 Å². The molecule has 1 aliphatic rings. The van der Waals surface area contributed by atoms with Gasteiger partial charge in [-0.1, -0.05) is 6.07 Å². The van der Waals surface area contributed by atoms with Crippen molar-refractivity contribution in [2.45, 2.75) is 38.9 Å². The van der Waals surface area contributed by atoms with Crippen LogP contribution in [0.25, 0.3) is 0 Å². The maximum absolute atomic E-state index is 9.25. The molecule has 1 saturated heterocycles. The van der Waals surface area contributed by atoms with Crippen molar-refractivity contribution >= 4 is 12.6 Å². The molecule has 0 N–H and O–H groups in total. The van der Waals surface area contributed by atoms with Gasteiger partial charge in [-0.05, 0) is 39.3 Å². The minimum absolute atomic E-state index is 0.0994. The largest absolute Gasteiger partial charge is 0.497 e. The molecular weight excluding hydrogens is 241 g/mol. The first-order chi connectivity index (χ1) is 8.95. The summed E-state index contributed by atoms with van der Waals surface area (Å²) >= 11 is 0. The Balaban J connectivity index is 2.33. The van der Waals surface area contributed by atoms with Gasteiger partial charge in [0.2, 0.25) is 0 Å². The lowest BCUT2D eigenvalue weighted by Gasteiger charge is -2.38. The van der Waals surface area contributed by atoms with E-state index in [2.05, 4.69) is 6.07 Å². The van der Waals surface area contributed by atoms with E-state index >= 15 is 0 Å². The second-order valence-electron chi connectivity index (χ2n) is 5.43. The molecule has 0 aliphatic carbocycles. The zero-order valence-electron chi connectivity index (χ0n) is 11.8. The van der Waals surface area contributed by atoms with Crippen LogP contribution in [0.15, 0.2) is 18.2 Å². The minimum Gasteiger partial charge on any atom is -0.497 e. The fourth-order valence-corrected chi connectivity index (χ4v) is 2.42. The van der Waals surface area contributed by atoms with Crippen LogP contribution in [0.5, 0.6) is 5.75 Å². The predicted molar refractivity (Wildman–Crippen MR) is 73.4 cm³/mol. The predicted octanol–water partition coefficient (Wildman–Crippen LogP) is 1.87. The molecule has 19 heavy (non-hydrogen) atoms. The van der Waals surface area contributed by atoms with Crippen molar-refractivity contribution < 1.29 is 14.0 Å². The molecule has 2 rings (SSSR count). The van der Waals surface area contributed by atoms with E-state index in [1.807, 2.05) is 32.9 Å². The molecule has 1 aromatic rings. The lowest BCUT2D eigenvalue weighted by Crippen LogP contribution is -2.52. The highest BCUT2D eigenvalue weighted by atomic mass is 16.6. The quantitative estimate of drug-likeness (QED) is 0.761. The molecule has 1 aromatic carbocycles. The van der Waals surface area contributed by atoms with E-state index in [1.54, 1.807) is 13.2 Å². The SMILES string of the molecule is COc1ccc(B2OC(C)CC(C)(C)O2)c(C#N)c1. The van der Waals surface area contributed by atoms with E-state index in [1.165, 1.54) is 0 Å². The third-order valence-electron chi connectivity index (χ3n) is 3.20. The van der Waals surface area contributed by atoms with Crippen molar-refractivity contribution in [2.24, 2.45) is 0 Å². The van der Waals surface area contributed by atoms with Gasteiger partial charge in [0.1, 0.15) is 5.75 Å². The molecule has 0 aromatic heterocycles. The van der Waals surface area contributed by atoms with Gasteiger partial charge in [0.15, 0.2) is 0 Å². The molecule has 0 saturated carbocycles. The Hall–Kier alpha value is -1.51. The van der Waals surface area contributed by atoms with Crippen LogP contribution in [0.2, 0.25) is 0 Å². The van der Waals surface area contributed by atoms with E-state index in [4.69, 9.17) is 14.0 Å². The maximum atomic E-state index is 9.25. The normalized spacial score (nSPS) is 21.8. The van der Waals surface area contributed by atoms with Gasteiger partial charge in [-0.3, -0.25) is 0 Å². The van der Waals surface area contributed by atoms with Gasteiger partial charge in [0.05, 0.1) is 24.3 Å². The summed E-state index contributed by atoms with van der Waals surface area (Å²) in [6.07, 6.45) is 0.934. The van der Waals surface area contributed by atoms with Gasteiger partial charge in [-0.2, -0.15) is 5.26 Å². The zero-order chi connectivity index (χ0) is 14.0. The first kappa shape index (κ1) is 13.9. The van der Waals surface area contributed by atoms with Gasteiger partial charge in [0.25, 0.3) is 0 Å². The van der Waals surface area contributed by atoms with E-state index in [0.29, 0.717) is 11.3 Å². The lowest BCUT2D eigenvalue weighted by atomic mass is 9.72. The molecule has 0 amide bonds. The van der Waals surface area contributed by atoms with Crippen molar-refractivity contribution in [1.29, 1.82) is 5.26 Å². The van der Waals surface area contributed by atoms with Gasteiger partial charge < -0.3 is 14.0 Å². The molecule has 1 heterocycles. The van der Waals surface area contributed by atoms with Gasteiger partial charge in [0, 0.05) is 11.6 Å². The van der Waals surface area contributed by atoms with Gasteiger partial charge in [-0.25, -0.2) is 0 Å². The van der Waals surface area contributed by atoms with Crippen LogP contribution in [0.1, 0.15) is 32.8 Å². The number of hydrogen-bond acceptors (Lipinski definition) is 4. The summed E-state index contributed by atoms with van der Waals surface area (Å²) in [5, 5.41) is 9.25. The Morgan fingerprint density at radius 1 is 1.47 bits per heavy atom. The molecule has 100 valence electrons. The molecule has 5 heteroatoms. The Kier molecular flexibility index (Phi) is 3.84. The average Bonchev–Trinajstić information content (AvgIpc) is 2.35. The zero-order valence-corrected chi connectivity index (χ0v) is 11.8. The highest BCUT2D eigenvalue weighted by molar-refractivity contribution is 6.62. The van der Waals surface area contributed by atoms with Crippen LogP contribution < -0.4 is 10.2 Å². The number of ether oxygens (including phenoxy) is 1. The number of nitrogens with zero attached hydrogens (tertiary/aromatic N) is 1. The molecule has 0 radical (unpaired) electrons. The molecule has 1 aliphatic heterocycles. The Morgan fingerprint density at radius 3 is 2.79 bits per heavy atom. The second-order valence-corrected chi connectivity index (χ2v) is 5.43. The van der Waals surface area contributed by atoms with Crippen molar-refractivity contribution in [3.05, 3.63) is 23.8 Å². The fraction of sp³-hybridized carbons (Fsp3) is 0.500. The second kappa shape index (κ2) is 5.24. The molecule has 4 nitrogen and oxygen atoms in total. The summed E-state index contributed by atoms with van der Waals surface area (Å²) in [5.41, 5.74) is 1.02. The summed E-state index contributed by atoms with van der Waals surface area (Å²) in [6, 6.07) is 7.52. The van der Waals surface area contributed by atoms with Crippen LogP contribution in [-0.2, 0) is 9.31 Å². The summed E-state index contributed by atoms with van der Waals surface area (Å²) < 4.78 is 16.9. The molecule has 0 spiro atoms. The standard InChI is InChI=1S/C14H18BNO3/c1-10-8-14(2,3)19-15(18-10)13-6-5-12(17-4)7-11(13)9-16/h5-7,10H,8H2,1-4H3. The summed E-state index contributed by atoms with van der Waals surface area (Å²) in [4.78, 5) is 0. The number of hydrogen-bond donors (Lipinski definition) is 0. The van der Waals surface area contributed by atoms with Crippen LogP contribution in [-0.4, -0.2) is 25.9 Å². The van der Waals surface area contributed by atoms with Crippen LogP contribution in [0.4, 0.5) is 0 Å². The van der Waals surface area contributed by atoms with Crippen molar-refractivity contribution in [3.8, 4) is 11.8 Å². The first-order valence-electron chi connectivity index (χ1n) is 6.36. The number of rotatable bonds is 2. The molecule has 0 bridgehead atoms. The third kappa shape index (κ3) is 3.09. The number of nitriles is 1. The maximum Gasteiger partial charge on any atom is 0.495 e. The highest BCUT2D eigenvalue weighted by Gasteiger charge is 2.39. The Bertz CT molecular complexity index is 510. The minimum atomic E-state index is -0.501. The highest BCUT2D eigenvalue weighted by Crippen LogP contribution is 2.26.